The van der Waals surface area contributed by atoms with Crippen molar-refractivity contribution in [1.29, 1.82) is 0 Å². The van der Waals surface area contributed by atoms with Gasteiger partial charge in [0.1, 0.15) is 19.1 Å². The Hall–Kier alpha value is -2.12. The van der Waals surface area contributed by atoms with Crippen LogP contribution in [0.15, 0.2) is 88.2 Å². The number of quaternary nitrogens is 1. The molecule has 0 amide bonds. The zero-order valence-electron chi connectivity index (χ0n) is 21.5. The Morgan fingerprint density at radius 1 is 0.895 bits per heavy atom. The molecule has 0 radical (unpaired) electrons. The molecule has 11 heteroatoms. The quantitative estimate of drug-likeness (QED) is 0.143. The van der Waals surface area contributed by atoms with Crippen molar-refractivity contribution in [3.63, 3.8) is 0 Å². The van der Waals surface area contributed by atoms with E-state index in [1.165, 1.54) is 18.1 Å². The maximum atomic E-state index is 12.8. The van der Waals surface area contributed by atoms with Gasteiger partial charge in [-0.25, -0.2) is 8.42 Å². The standard InChI is InChI=1S/C25H27BrNO3S.C2H6O4S/c1-3-27(17-23(18-27)30-31(28,29)24-15-9-19(2)10-16-24)25(20-7-5-4-6-8-20)21-11-13-22(26)14-12-21;1-2-6-7(3,4)5/h4-16,23,25H,3,17-18H2,1-2H3;2H2,1H3,(H,3,4,5)/q+1;/p-1. The molecule has 0 bridgehead atoms. The molecule has 0 spiro atoms. The Labute approximate surface area is 234 Å². The normalized spacial score (nSPS) is 20.1. The van der Waals surface area contributed by atoms with Crippen molar-refractivity contribution in [2.75, 3.05) is 26.2 Å². The fourth-order valence-electron chi connectivity index (χ4n) is 4.66. The van der Waals surface area contributed by atoms with E-state index in [0.29, 0.717) is 13.1 Å². The first-order valence-corrected chi connectivity index (χ1v) is 15.7. The van der Waals surface area contributed by atoms with Crippen LogP contribution < -0.4 is 0 Å². The van der Waals surface area contributed by atoms with Gasteiger partial charge in [-0.2, -0.15) is 8.42 Å². The highest BCUT2D eigenvalue weighted by Gasteiger charge is 2.51. The fourth-order valence-corrected chi connectivity index (χ4v) is 6.27. The number of rotatable bonds is 9. The van der Waals surface area contributed by atoms with Crippen LogP contribution in [0.4, 0.5) is 0 Å². The molecule has 1 fully saturated rings. The average Bonchev–Trinajstić information content (AvgIpc) is 2.84. The average molecular weight is 627 g/mol. The van der Waals surface area contributed by atoms with Crippen molar-refractivity contribution in [3.8, 4) is 0 Å². The molecule has 3 aromatic carbocycles. The summed E-state index contributed by atoms with van der Waals surface area (Å²) < 4.78 is 65.0. The highest BCUT2D eigenvalue weighted by molar-refractivity contribution is 9.10. The van der Waals surface area contributed by atoms with Crippen LogP contribution in [0.5, 0.6) is 0 Å². The maximum absolute atomic E-state index is 12.8. The summed E-state index contributed by atoms with van der Waals surface area (Å²) in [6, 6.07) is 25.8. The van der Waals surface area contributed by atoms with Gasteiger partial charge < -0.3 is 9.04 Å². The van der Waals surface area contributed by atoms with Crippen LogP contribution in [0.3, 0.4) is 0 Å². The van der Waals surface area contributed by atoms with Gasteiger partial charge in [0.2, 0.25) is 10.4 Å². The van der Waals surface area contributed by atoms with Crippen LogP contribution in [0.2, 0.25) is 0 Å². The largest absolute Gasteiger partial charge is 0.726 e. The molecule has 3 aromatic rings. The molecule has 1 aliphatic rings. The number of hydrogen-bond acceptors (Lipinski definition) is 7. The van der Waals surface area contributed by atoms with Gasteiger partial charge in [-0.3, -0.25) is 8.37 Å². The van der Waals surface area contributed by atoms with Crippen LogP contribution in [0.1, 0.15) is 36.6 Å². The summed E-state index contributed by atoms with van der Waals surface area (Å²) in [5.41, 5.74) is 3.46. The zero-order chi connectivity index (χ0) is 28.0. The Kier molecular flexibility index (Phi) is 10.3. The van der Waals surface area contributed by atoms with Gasteiger partial charge >= 0.3 is 0 Å². The second-order valence-corrected chi connectivity index (χ2v) is 12.6. The van der Waals surface area contributed by atoms with Crippen LogP contribution in [-0.2, 0) is 28.9 Å². The monoisotopic (exact) mass is 625 g/mol. The predicted molar refractivity (Wildman–Crippen MR) is 148 cm³/mol. The molecule has 1 unspecified atom stereocenters. The minimum absolute atomic E-state index is 0.0914. The molecule has 1 saturated heterocycles. The lowest BCUT2D eigenvalue weighted by Gasteiger charge is -2.53. The van der Waals surface area contributed by atoms with Gasteiger partial charge in [0.25, 0.3) is 10.1 Å². The molecule has 206 valence electrons. The number of likely N-dealkylation sites (N-methyl/N-ethyl adjacent to an activating group) is 1. The molecule has 1 heterocycles. The highest BCUT2D eigenvalue weighted by atomic mass is 79.9. The van der Waals surface area contributed by atoms with E-state index in [0.717, 1.165) is 21.1 Å². The summed E-state index contributed by atoms with van der Waals surface area (Å²) in [5, 5.41) is 0. The molecule has 0 N–H and O–H groups in total. The summed E-state index contributed by atoms with van der Waals surface area (Å²) >= 11 is 3.53. The van der Waals surface area contributed by atoms with Gasteiger partial charge in [0.15, 0.2) is 6.10 Å². The van der Waals surface area contributed by atoms with Crippen LogP contribution in [-0.4, -0.2) is 58.2 Å². The highest BCUT2D eigenvalue weighted by Crippen LogP contribution is 2.41. The number of benzene rings is 3. The van der Waals surface area contributed by atoms with Crippen molar-refractivity contribution in [2.45, 2.75) is 37.8 Å². The van der Waals surface area contributed by atoms with Gasteiger partial charge in [0, 0.05) is 15.6 Å². The Balaban J connectivity index is 0.000000505. The number of hydrogen-bond donors (Lipinski definition) is 0. The van der Waals surface area contributed by atoms with Crippen molar-refractivity contribution in [3.05, 3.63) is 100 Å². The Morgan fingerprint density at radius 3 is 1.92 bits per heavy atom. The third-order valence-corrected chi connectivity index (χ3v) is 8.88. The van der Waals surface area contributed by atoms with E-state index >= 15 is 0 Å². The van der Waals surface area contributed by atoms with Crippen molar-refractivity contribution < 1.29 is 34.2 Å². The van der Waals surface area contributed by atoms with Crippen molar-refractivity contribution in [1.82, 2.24) is 0 Å². The maximum Gasteiger partial charge on any atom is 0.297 e. The zero-order valence-corrected chi connectivity index (χ0v) is 24.7. The van der Waals surface area contributed by atoms with Crippen LogP contribution in [0.25, 0.3) is 0 Å². The van der Waals surface area contributed by atoms with Gasteiger partial charge in [0.05, 0.1) is 18.0 Å². The van der Waals surface area contributed by atoms with E-state index in [9.17, 15) is 21.4 Å². The topological polar surface area (TPSA) is 110 Å². The number of nitrogens with zero attached hydrogens (tertiary/aromatic N) is 1. The first-order valence-electron chi connectivity index (χ1n) is 12.2. The van der Waals surface area contributed by atoms with E-state index in [1.54, 1.807) is 24.3 Å². The molecule has 1 aliphatic heterocycles. The lowest BCUT2D eigenvalue weighted by atomic mass is 9.90. The molecule has 0 aromatic heterocycles. The lowest BCUT2D eigenvalue weighted by molar-refractivity contribution is -0.991. The third-order valence-electron chi connectivity index (χ3n) is 6.45. The van der Waals surface area contributed by atoms with E-state index < -0.39 is 20.5 Å². The second-order valence-electron chi connectivity index (χ2n) is 9.06. The number of halogens is 1. The number of aryl methyl sites for hydroxylation is 1. The van der Waals surface area contributed by atoms with E-state index in [2.05, 4.69) is 75.6 Å². The first kappa shape index (κ1) is 30.4. The Bertz CT molecular complexity index is 1390. The SMILES string of the molecule is CCOS(=O)(=O)[O-].CC[N+]1(C(c2ccccc2)c2ccc(Br)cc2)CC(OS(=O)(=O)c2ccc(C)cc2)C1. The smallest absolute Gasteiger partial charge is 0.297 e. The molecule has 8 nitrogen and oxygen atoms in total. The van der Waals surface area contributed by atoms with Gasteiger partial charge in [-0.05, 0) is 45.0 Å². The minimum atomic E-state index is -4.42. The molecule has 0 saturated carbocycles. The molecule has 1 atom stereocenters. The number of likely N-dealkylation sites (tertiary alicyclic amines) is 1. The summed E-state index contributed by atoms with van der Waals surface area (Å²) in [6.45, 7) is 7.62. The molecular weight excluding hydrogens is 594 g/mol. The molecule has 4 rings (SSSR count). The summed E-state index contributed by atoms with van der Waals surface area (Å²) in [7, 11) is -8.20. The minimum Gasteiger partial charge on any atom is -0.726 e. The molecular formula is C27H32BrNO7S2. The van der Waals surface area contributed by atoms with E-state index in [4.69, 9.17) is 4.18 Å². The summed E-state index contributed by atoms with van der Waals surface area (Å²) in [6.07, 6.45) is -0.326. The molecule has 38 heavy (non-hydrogen) atoms. The predicted octanol–water partition coefficient (Wildman–Crippen LogP) is 4.95. The fraction of sp³-hybridized carbons (Fsp3) is 0.333. The second kappa shape index (κ2) is 12.8. The van der Waals surface area contributed by atoms with Crippen molar-refractivity contribution in [2.24, 2.45) is 0 Å². The van der Waals surface area contributed by atoms with E-state index in [-0.39, 0.29) is 23.6 Å². The van der Waals surface area contributed by atoms with Gasteiger partial charge in [-0.1, -0.05) is 76.1 Å². The Morgan fingerprint density at radius 2 is 1.45 bits per heavy atom. The van der Waals surface area contributed by atoms with Gasteiger partial charge in [-0.15, -0.1) is 0 Å². The van der Waals surface area contributed by atoms with Crippen LogP contribution in [0, 0.1) is 6.92 Å². The third kappa shape index (κ3) is 7.95. The lowest BCUT2D eigenvalue weighted by Crippen LogP contribution is -2.68. The van der Waals surface area contributed by atoms with E-state index in [1.807, 2.05) is 13.0 Å². The summed E-state index contributed by atoms with van der Waals surface area (Å²) in [5.74, 6) is 0. The first-order chi connectivity index (χ1) is 17.9. The van der Waals surface area contributed by atoms with Crippen molar-refractivity contribution >= 4 is 36.4 Å². The summed E-state index contributed by atoms with van der Waals surface area (Å²) in [4.78, 5) is 0.215. The molecule has 0 aliphatic carbocycles. The van der Waals surface area contributed by atoms with Crippen LogP contribution >= 0.6 is 15.9 Å².